The van der Waals surface area contributed by atoms with Crippen LogP contribution in [0.25, 0.3) is 0 Å². The minimum Gasteiger partial charge on any atom is -0.468 e. The molecule has 6 atom stereocenters. The zero-order valence-electron chi connectivity index (χ0n) is 19.2. The van der Waals surface area contributed by atoms with Gasteiger partial charge < -0.3 is 24.2 Å². The smallest absolute Gasteiger partial charge is 0.315 e. The molecule has 1 aromatic rings. The van der Waals surface area contributed by atoms with Gasteiger partial charge in [0.05, 0.1) is 32.0 Å². The fraction of sp³-hybridized carbons (Fsp3) is 0.478. The number of methoxy groups -OCH3 is 1. The Balaban J connectivity index is 1.77. The summed E-state index contributed by atoms with van der Waals surface area (Å²) < 4.78 is 16.1. The van der Waals surface area contributed by atoms with E-state index in [1.807, 2.05) is 6.07 Å². The van der Waals surface area contributed by atoms with Crippen molar-refractivity contribution in [3.8, 4) is 6.07 Å². The molecule has 0 radical (unpaired) electrons. The van der Waals surface area contributed by atoms with E-state index in [4.69, 9.17) is 19.5 Å². The van der Waals surface area contributed by atoms with Crippen molar-refractivity contribution in [1.82, 2.24) is 0 Å². The van der Waals surface area contributed by atoms with Crippen molar-refractivity contribution in [2.24, 2.45) is 10.9 Å². The Kier molecular flexibility index (Phi) is 6.42. The van der Waals surface area contributed by atoms with Crippen LogP contribution in [-0.2, 0) is 28.6 Å². The number of rotatable bonds is 6. The highest BCUT2D eigenvalue weighted by Crippen LogP contribution is 2.45. The molecule has 0 aromatic heterocycles. The number of fused-ring (bicyclic) bond motifs is 1. The maximum Gasteiger partial charge on any atom is 0.315 e. The molecule has 3 heterocycles. The molecular weight excluding hydrogens is 462 g/mol. The first kappa shape index (κ1) is 24.5. The largest absolute Gasteiger partial charge is 0.468 e. The maximum absolute atomic E-state index is 14.0. The third-order valence-electron chi connectivity index (χ3n) is 6.61. The van der Waals surface area contributed by atoms with Gasteiger partial charge in [-0.2, -0.15) is 5.26 Å². The summed E-state index contributed by atoms with van der Waals surface area (Å²) in [4.78, 5) is 46.5. The Bertz CT molecular complexity index is 1170. The summed E-state index contributed by atoms with van der Waals surface area (Å²) in [6.07, 6.45) is -3.35. The Morgan fingerprint density at radius 2 is 1.97 bits per heavy atom. The fourth-order valence-electron chi connectivity index (χ4n) is 5.01. The Morgan fingerprint density at radius 1 is 1.29 bits per heavy atom. The molecule has 0 spiro atoms. The number of carbonyl (C=O) groups is 2. The molecule has 3 aliphatic heterocycles. The number of carbonyl (C=O) groups excluding carboxylic acids is 2. The minimum atomic E-state index is -2.19. The van der Waals surface area contributed by atoms with E-state index in [1.165, 1.54) is 7.11 Å². The van der Waals surface area contributed by atoms with Gasteiger partial charge >= 0.3 is 5.97 Å². The molecule has 0 bridgehead atoms. The molecule has 0 amide bonds. The van der Waals surface area contributed by atoms with Gasteiger partial charge in [-0.25, -0.2) is 0 Å². The number of Topliss-reactive ketones (excluding diaryl/α,β-unsaturated/α-hetero) is 1. The van der Waals surface area contributed by atoms with Gasteiger partial charge in [0, 0.05) is 22.9 Å². The number of ether oxygens (including phenoxy) is 3. The first-order valence-electron chi connectivity index (χ1n) is 10.8. The van der Waals surface area contributed by atoms with Gasteiger partial charge in [-0.3, -0.25) is 14.6 Å². The van der Waals surface area contributed by atoms with Crippen LogP contribution in [0.5, 0.6) is 0 Å². The lowest BCUT2D eigenvalue weighted by atomic mass is 9.71. The van der Waals surface area contributed by atoms with Crippen molar-refractivity contribution in [1.29, 1.82) is 5.26 Å². The molecule has 12 nitrogen and oxygen atoms in total. The molecule has 0 saturated carbocycles. The lowest BCUT2D eigenvalue weighted by molar-refractivity contribution is -0.769. The van der Waals surface area contributed by atoms with E-state index in [2.05, 4.69) is 9.83 Å². The second-order valence-electron chi connectivity index (χ2n) is 8.61. The van der Waals surface area contributed by atoms with Crippen molar-refractivity contribution in [2.75, 3.05) is 20.3 Å². The number of aliphatic imine (C=N–C) groups is 1. The predicted octanol–water partition coefficient (Wildman–Crippen LogP) is 0.854. The second kappa shape index (κ2) is 9.18. The van der Waals surface area contributed by atoms with Crippen molar-refractivity contribution in [3.05, 3.63) is 56.8 Å². The van der Waals surface area contributed by atoms with Crippen LogP contribution >= 0.6 is 0 Å². The highest BCUT2D eigenvalue weighted by molar-refractivity contribution is 6.11. The number of nitriles is 1. The van der Waals surface area contributed by atoms with E-state index in [1.54, 1.807) is 38.1 Å². The Labute approximate surface area is 199 Å². The molecule has 184 valence electrons. The average molecular weight is 485 g/mol. The monoisotopic (exact) mass is 485 g/mol. The first-order valence-corrected chi connectivity index (χ1v) is 10.8. The van der Waals surface area contributed by atoms with Gasteiger partial charge in [0.15, 0.2) is 17.5 Å². The summed E-state index contributed by atoms with van der Waals surface area (Å²) in [6.45, 7) is 2.50. The molecule has 2 fully saturated rings. The van der Waals surface area contributed by atoms with Crippen molar-refractivity contribution >= 4 is 17.5 Å². The standard InChI is InChI=1S/C23H23N3O9/c1-11-16(20(27)23(29)10-34-19-15(35-26(30)31)9-33-21(19)23)18(14-6-4-13(8-24)5-7-14)17(12(2)25-11)22(28)32-3/h4-7,15,17-19,21,29H,9-10H2,1-3H3/t15-,17?,18?,19-,21+,23-/m1/s1. The number of nitrogens with zero attached hydrogens (tertiary/aromatic N) is 3. The van der Waals surface area contributed by atoms with Crippen LogP contribution < -0.4 is 0 Å². The Hall–Kier alpha value is -3.66. The molecule has 35 heavy (non-hydrogen) atoms. The molecule has 0 aliphatic carbocycles. The number of esters is 1. The third kappa shape index (κ3) is 4.07. The van der Waals surface area contributed by atoms with Gasteiger partial charge in [0.2, 0.25) is 0 Å². The summed E-state index contributed by atoms with van der Waals surface area (Å²) in [5.74, 6) is -3.24. The summed E-state index contributed by atoms with van der Waals surface area (Å²) in [5.41, 5.74) is -0.497. The number of allylic oxidation sites excluding steroid dienone is 1. The molecule has 1 aromatic carbocycles. The SMILES string of the molecule is COC(=O)C1C(C)=NC(C)=C(C(=O)[C@]2(O)CO[C@@H]3[C@H](O[N+](=O)[O-])CO[C@@H]32)C1c1ccc(C#N)cc1. The van der Waals surface area contributed by atoms with Crippen LogP contribution in [0.1, 0.15) is 30.9 Å². The maximum atomic E-state index is 14.0. The van der Waals surface area contributed by atoms with Crippen LogP contribution in [0.3, 0.4) is 0 Å². The minimum absolute atomic E-state index is 0.0599. The lowest BCUT2D eigenvalue weighted by Gasteiger charge is -2.35. The zero-order valence-corrected chi connectivity index (χ0v) is 19.2. The van der Waals surface area contributed by atoms with E-state index in [-0.39, 0.29) is 17.9 Å². The average Bonchev–Trinajstić information content (AvgIpc) is 3.39. The van der Waals surface area contributed by atoms with Crippen LogP contribution in [0.15, 0.2) is 40.5 Å². The second-order valence-corrected chi connectivity index (χ2v) is 8.61. The summed E-state index contributed by atoms with van der Waals surface area (Å²) >= 11 is 0. The van der Waals surface area contributed by atoms with Gasteiger partial charge in [-0.1, -0.05) is 12.1 Å². The quantitative estimate of drug-likeness (QED) is 0.346. The molecule has 2 unspecified atom stereocenters. The molecule has 4 rings (SSSR count). The van der Waals surface area contributed by atoms with E-state index in [0.29, 0.717) is 16.8 Å². The predicted molar refractivity (Wildman–Crippen MR) is 117 cm³/mol. The van der Waals surface area contributed by atoms with Crippen molar-refractivity contribution in [3.63, 3.8) is 0 Å². The van der Waals surface area contributed by atoms with Gasteiger partial charge in [0.1, 0.15) is 18.1 Å². The van der Waals surface area contributed by atoms with Gasteiger partial charge in [0.25, 0.3) is 5.09 Å². The van der Waals surface area contributed by atoms with Crippen LogP contribution in [0.2, 0.25) is 0 Å². The van der Waals surface area contributed by atoms with E-state index < -0.39 is 59.2 Å². The van der Waals surface area contributed by atoms with E-state index >= 15 is 0 Å². The van der Waals surface area contributed by atoms with Crippen LogP contribution in [0.4, 0.5) is 0 Å². The van der Waals surface area contributed by atoms with Crippen molar-refractivity contribution in [2.45, 2.75) is 43.7 Å². The first-order chi connectivity index (χ1) is 16.6. The number of hydrogen-bond acceptors (Lipinski definition) is 11. The van der Waals surface area contributed by atoms with E-state index in [9.17, 15) is 24.8 Å². The van der Waals surface area contributed by atoms with Crippen LogP contribution in [0, 0.1) is 27.4 Å². The molecular formula is C23H23N3O9. The lowest BCUT2D eigenvalue weighted by Crippen LogP contribution is -2.53. The van der Waals surface area contributed by atoms with Crippen molar-refractivity contribution < 1.29 is 38.8 Å². The summed E-state index contributed by atoms with van der Waals surface area (Å²) in [5, 5.41) is 30.5. The molecule has 3 aliphatic rings. The topological polar surface area (TPSA) is 171 Å². The van der Waals surface area contributed by atoms with E-state index in [0.717, 1.165) is 0 Å². The molecule has 1 N–H and O–H groups in total. The Morgan fingerprint density at radius 3 is 2.57 bits per heavy atom. The zero-order chi connectivity index (χ0) is 25.5. The number of ketones is 1. The van der Waals surface area contributed by atoms with Gasteiger partial charge in [-0.05, 0) is 31.5 Å². The molecule has 12 heteroatoms. The highest BCUT2D eigenvalue weighted by Gasteiger charge is 2.62. The summed E-state index contributed by atoms with van der Waals surface area (Å²) in [7, 11) is 1.23. The number of aliphatic hydroxyl groups is 1. The summed E-state index contributed by atoms with van der Waals surface area (Å²) in [6, 6.07) is 8.40. The third-order valence-corrected chi connectivity index (χ3v) is 6.61. The number of hydrogen-bond donors (Lipinski definition) is 1. The normalized spacial score (nSPS) is 31.9. The van der Waals surface area contributed by atoms with Gasteiger partial charge in [-0.15, -0.1) is 10.1 Å². The highest BCUT2D eigenvalue weighted by atomic mass is 17.0. The molecule has 2 saturated heterocycles. The van der Waals surface area contributed by atoms with Crippen LogP contribution in [-0.4, -0.2) is 71.9 Å². The fourth-order valence-corrected chi connectivity index (χ4v) is 5.01. The number of benzene rings is 1.